The molecule has 1 aliphatic carbocycles. The lowest BCUT2D eigenvalue weighted by Gasteiger charge is -2.24. The van der Waals surface area contributed by atoms with Crippen molar-refractivity contribution in [1.82, 2.24) is 4.98 Å². The van der Waals surface area contributed by atoms with Crippen molar-refractivity contribution in [2.75, 3.05) is 4.90 Å². The monoisotopic (exact) mass is 350 g/mol. The first-order chi connectivity index (χ1) is 12.1. The number of rotatable bonds is 3. The number of carbonyl (C=O) groups is 1. The molecule has 1 heterocycles. The number of aromatic nitrogens is 1. The molecule has 1 fully saturated rings. The Balaban J connectivity index is 1.83. The summed E-state index contributed by atoms with van der Waals surface area (Å²) < 4.78 is 1.12. The Bertz CT molecular complexity index is 871. The van der Waals surface area contributed by atoms with Gasteiger partial charge in [0.2, 0.25) is 5.91 Å². The first kappa shape index (κ1) is 16.3. The van der Waals surface area contributed by atoms with E-state index in [1.807, 2.05) is 23.1 Å². The highest BCUT2D eigenvalue weighted by Crippen LogP contribution is 2.37. The van der Waals surface area contributed by atoms with E-state index in [0.717, 1.165) is 46.7 Å². The van der Waals surface area contributed by atoms with Crippen LogP contribution in [0.25, 0.3) is 10.2 Å². The zero-order valence-corrected chi connectivity index (χ0v) is 15.5. The van der Waals surface area contributed by atoms with Gasteiger partial charge in [-0.3, -0.25) is 9.69 Å². The van der Waals surface area contributed by atoms with Gasteiger partial charge in [-0.1, -0.05) is 42.4 Å². The van der Waals surface area contributed by atoms with Crippen LogP contribution in [0.1, 0.15) is 36.8 Å². The summed E-state index contributed by atoms with van der Waals surface area (Å²) in [6, 6.07) is 14.4. The standard InChI is InChI=1S/C21H22N2OS/c1-14-11-15(2)13-17(12-14)23(20(24)16-7-3-4-8-16)21-22-18-9-5-6-10-19(18)25-21/h5-6,9-13,16H,3-4,7-8H2,1-2H3. The fourth-order valence-electron chi connectivity index (χ4n) is 3.72. The van der Waals surface area contributed by atoms with Crippen LogP contribution in [-0.4, -0.2) is 10.9 Å². The number of amides is 1. The summed E-state index contributed by atoms with van der Waals surface area (Å²) in [6.07, 6.45) is 4.28. The lowest BCUT2D eigenvalue weighted by atomic mass is 10.1. The quantitative estimate of drug-likeness (QED) is 0.601. The van der Waals surface area contributed by atoms with E-state index in [1.165, 1.54) is 11.1 Å². The summed E-state index contributed by atoms with van der Waals surface area (Å²) in [5, 5.41) is 0.781. The largest absolute Gasteiger partial charge is 0.274 e. The van der Waals surface area contributed by atoms with Gasteiger partial charge >= 0.3 is 0 Å². The SMILES string of the molecule is Cc1cc(C)cc(N(C(=O)C2CCCC2)c2nc3ccccc3s2)c1. The van der Waals surface area contributed by atoms with E-state index < -0.39 is 0 Å². The Morgan fingerprint density at radius 2 is 1.76 bits per heavy atom. The van der Waals surface area contributed by atoms with Crippen molar-refractivity contribution >= 4 is 38.3 Å². The van der Waals surface area contributed by atoms with Crippen molar-refractivity contribution in [3.63, 3.8) is 0 Å². The highest BCUT2D eigenvalue weighted by Gasteiger charge is 2.31. The molecule has 0 atom stereocenters. The van der Waals surface area contributed by atoms with Crippen LogP contribution >= 0.6 is 11.3 Å². The fraction of sp³-hybridized carbons (Fsp3) is 0.333. The second-order valence-electron chi connectivity index (χ2n) is 6.97. The van der Waals surface area contributed by atoms with Gasteiger partial charge in [0.05, 0.1) is 15.9 Å². The third-order valence-corrected chi connectivity index (χ3v) is 5.88. The molecule has 128 valence electrons. The number of benzene rings is 2. The van der Waals surface area contributed by atoms with E-state index in [1.54, 1.807) is 11.3 Å². The van der Waals surface area contributed by atoms with Crippen LogP contribution < -0.4 is 4.90 Å². The maximum atomic E-state index is 13.3. The average Bonchev–Trinajstić information content (AvgIpc) is 3.23. The van der Waals surface area contributed by atoms with Gasteiger partial charge in [0, 0.05) is 5.92 Å². The van der Waals surface area contributed by atoms with Crippen molar-refractivity contribution in [1.29, 1.82) is 0 Å². The van der Waals surface area contributed by atoms with Gasteiger partial charge < -0.3 is 0 Å². The minimum atomic E-state index is 0.118. The Morgan fingerprint density at radius 1 is 1.08 bits per heavy atom. The van der Waals surface area contributed by atoms with Crippen LogP contribution in [-0.2, 0) is 4.79 Å². The van der Waals surface area contributed by atoms with Crippen molar-refractivity contribution in [3.8, 4) is 0 Å². The van der Waals surface area contributed by atoms with Crippen LogP contribution in [0.2, 0.25) is 0 Å². The molecule has 0 spiro atoms. The van der Waals surface area contributed by atoms with Crippen molar-refractivity contribution in [2.24, 2.45) is 5.92 Å². The van der Waals surface area contributed by atoms with Gasteiger partial charge in [-0.15, -0.1) is 0 Å². The Kier molecular flexibility index (Phi) is 4.30. The molecular formula is C21H22N2OS. The number of para-hydroxylation sites is 1. The van der Waals surface area contributed by atoms with Gasteiger partial charge in [-0.05, 0) is 62.1 Å². The average molecular weight is 350 g/mol. The molecule has 0 N–H and O–H groups in total. The predicted molar refractivity (Wildman–Crippen MR) is 105 cm³/mol. The molecule has 0 radical (unpaired) electrons. The maximum absolute atomic E-state index is 13.3. The first-order valence-corrected chi connectivity index (χ1v) is 9.71. The van der Waals surface area contributed by atoms with Crippen molar-refractivity contribution in [2.45, 2.75) is 39.5 Å². The molecular weight excluding hydrogens is 328 g/mol. The molecule has 1 saturated carbocycles. The topological polar surface area (TPSA) is 33.2 Å². The van der Waals surface area contributed by atoms with Crippen LogP contribution in [0.5, 0.6) is 0 Å². The number of hydrogen-bond acceptors (Lipinski definition) is 3. The normalized spacial score (nSPS) is 15.0. The molecule has 3 nitrogen and oxygen atoms in total. The second-order valence-corrected chi connectivity index (χ2v) is 7.97. The number of aryl methyl sites for hydroxylation is 2. The van der Waals surface area contributed by atoms with Crippen LogP contribution in [0.15, 0.2) is 42.5 Å². The van der Waals surface area contributed by atoms with Crippen molar-refractivity contribution in [3.05, 3.63) is 53.6 Å². The number of nitrogens with zero attached hydrogens (tertiary/aromatic N) is 2. The zero-order valence-electron chi connectivity index (χ0n) is 14.7. The Labute approximate surface area is 152 Å². The summed E-state index contributed by atoms with van der Waals surface area (Å²) in [4.78, 5) is 20.0. The fourth-order valence-corrected chi connectivity index (χ4v) is 4.71. The number of thiazole rings is 1. The molecule has 0 bridgehead atoms. The molecule has 1 amide bonds. The molecule has 0 unspecified atom stereocenters. The lowest BCUT2D eigenvalue weighted by molar-refractivity contribution is -0.121. The van der Waals surface area contributed by atoms with Gasteiger partial charge in [0.15, 0.2) is 5.13 Å². The highest BCUT2D eigenvalue weighted by atomic mass is 32.1. The Morgan fingerprint density at radius 3 is 2.44 bits per heavy atom. The second kappa shape index (κ2) is 6.60. The summed E-state index contributed by atoms with van der Waals surface area (Å²) in [7, 11) is 0. The van der Waals surface area contributed by atoms with Gasteiger partial charge in [-0.25, -0.2) is 4.98 Å². The molecule has 4 heteroatoms. The lowest BCUT2D eigenvalue weighted by Crippen LogP contribution is -2.31. The maximum Gasteiger partial charge on any atom is 0.236 e. The van der Waals surface area contributed by atoms with E-state index in [9.17, 15) is 4.79 Å². The molecule has 3 aromatic rings. The van der Waals surface area contributed by atoms with Gasteiger partial charge in [-0.2, -0.15) is 0 Å². The smallest absolute Gasteiger partial charge is 0.236 e. The van der Waals surface area contributed by atoms with E-state index in [0.29, 0.717) is 0 Å². The minimum absolute atomic E-state index is 0.118. The molecule has 0 saturated heterocycles. The molecule has 4 rings (SSSR count). The number of fused-ring (bicyclic) bond motifs is 1. The molecule has 25 heavy (non-hydrogen) atoms. The molecule has 1 aliphatic rings. The van der Waals surface area contributed by atoms with E-state index in [2.05, 4.69) is 38.1 Å². The third kappa shape index (κ3) is 3.19. The summed E-state index contributed by atoms with van der Waals surface area (Å²) in [5.74, 6) is 0.314. The van der Waals surface area contributed by atoms with Gasteiger partial charge in [0.25, 0.3) is 0 Å². The van der Waals surface area contributed by atoms with Crippen molar-refractivity contribution < 1.29 is 4.79 Å². The van der Waals surface area contributed by atoms with Gasteiger partial charge in [0.1, 0.15) is 0 Å². The van der Waals surface area contributed by atoms with E-state index in [-0.39, 0.29) is 11.8 Å². The van der Waals surface area contributed by atoms with Crippen LogP contribution in [0.3, 0.4) is 0 Å². The number of hydrogen-bond donors (Lipinski definition) is 0. The summed E-state index contributed by atoms with van der Waals surface area (Å²) in [5.41, 5.74) is 4.23. The Hall–Kier alpha value is -2.20. The van der Waals surface area contributed by atoms with E-state index in [4.69, 9.17) is 4.98 Å². The minimum Gasteiger partial charge on any atom is -0.274 e. The zero-order chi connectivity index (χ0) is 17.4. The molecule has 1 aromatic heterocycles. The van der Waals surface area contributed by atoms with Crippen LogP contribution in [0.4, 0.5) is 10.8 Å². The van der Waals surface area contributed by atoms with E-state index >= 15 is 0 Å². The molecule has 0 aliphatic heterocycles. The third-order valence-electron chi connectivity index (χ3n) is 4.86. The molecule has 2 aromatic carbocycles. The number of carbonyl (C=O) groups excluding carboxylic acids is 1. The van der Waals surface area contributed by atoms with Crippen LogP contribution in [0, 0.1) is 19.8 Å². The summed E-state index contributed by atoms with van der Waals surface area (Å²) in [6.45, 7) is 4.15. The number of anilines is 2. The first-order valence-electron chi connectivity index (χ1n) is 8.89. The summed E-state index contributed by atoms with van der Waals surface area (Å²) >= 11 is 1.59. The highest BCUT2D eigenvalue weighted by molar-refractivity contribution is 7.22. The predicted octanol–water partition coefficient (Wildman–Crippen LogP) is 5.77.